The maximum Gasteiger partial charge on any atom is 0.230 e. The van der Waals surface area contributed by atoms with Gasteiger partial charge in [-0.1, -0.05) is 18.2 Å². The molecule has 6 heteroatoms. The lowest BCUT2D eigenvalue weighted by Crippen LogP contribution is -2.15. The highest BCUT2D eigenvalue weighted by atomic mass is 32.1. The summed E-state index contributed by atoms with van der Waals surface area (Å²) in [4.78, 5) is 26.9. The average molecular weight is 303 g/mol. The molecule has 0 saturated carbocycles. The molecule has 0 aliphatic rings. The quantitative estimate of drug-likeness (QED) is 0.885. The van der Waals surface area contributed by atoms with Gasteiger partial charge in [0, 0.05) is 5.38 Å². The van der Waals surface area contributed by atoms with Gasteiger partial charge in [-0.05, 0) is 30.5 Å². The van der Waals surface area contributed by atoms with Crippen molar-refractivity contribution in [1.29, 1.82) is 0 Å². The fraction of sp³-hybridized carbons (Fsp3) is 0.267. The van der Waals surface area contributed by atoms with Crippen LogP contribution in [-0.4, -0.2) is 16.8 Å². The third kappa shape index (κ3) is 4.39. The van der Waals surface area contributed by atoms with E-state index in [-0.39, 0.29) is 12.3 Å². The van der Waals surface area contributed by atoms with Gasteiger partial charge < -0.3 is 11.1 Å². The monoisotopic (exact) mass is 303 g/mol. The molecule has 1 aromatic carbocycles. The predicted octanol–water partition coefficient (Wildman–Crippen LogP) is 1.97. The number of thiazole rings is 1. The summed E-state index contributed by atoms with van der Waals surface area (Å²) in [5, 5.41) is 4.94. The Labute approximate surface area is 127 Å². The predicted molar refractivity (Wildman–Crippen MR) is 83.3 cm³/mol. The molecule has 2 amide bonds. The van der Waals surface area contributed by atoms with E-state index in [0.29, 0.717) is 17.2 Å². The van der Waals surface area contributed by atoms with Gasteiger partial charge in [0.1, 0.15) is 0 Å². The number of hydrogen-bond acceptors (Lipinski definition) is 4. The Hall–Kier alpha value is -2.21. The third-order valence-corrected chi connectivity index (χ3v) is 3.90. The molecule has 1 aromatic heterocycles. The lowest BCUT2D eigenvalue weighted by molar-refractivity contribution is -0.117. The van der Waals surface area contributed by atoms with Crippen molar-refractivity contribution in [3.05, 3.63) is 46.0 Å². The number of nitrogens with two attached hydrogens (primary N) is 1. The molecule has 110 valence electrons. The Kier molecular flexibility index (Phi) is 4.70. The summed E-state index contributed by atoms with van der Waals surface area (Å²) < 4.78 is 0. The van der Waals surface area contributed by atoms with Crippen LogP contribution in [0.1, 0.15) is 22.4 Å². The Morgan fingerprint density at radius 1 is 1.24 bits per heavy atom. The molecule has 3 N–H and O–H groups in total. The van der Waals surface area contributed by atoms with Crippen LogP contribution in [0.2, 0.25) is 0 Å². The van der Waals surface area contributed by atoms with Crippen molar-refractivity contribution in [2.24, 2.45) is 5.73 Å². The molecule has 0 unspecified atom stereocenters. The summed E-state index contributed by atoms with van der Waals surface area (Å²) in [6.07, 6.45) is 0.384. The average Bonchev–Trinajstić information content (AvgIpc) is 2.80. The smallest absolute Gasteiger partial charge is 0.230 e. The second-order valence-corrected chi connectivity index (χ2v) is 5.79. The van der Waals surface area contributed by atoms with Crippen LogP contribution < -0.4 is 11.1 Å². The summed E-state index contributed by atoms with van der Waals surface area (Å²) >= 11 is 1.29. The summed E-state index contributed by atoms with van der Waals surface area (Å²) in [5.74, 6) is -0.563. The first-order valence-electron chi connectivity index (χ1n) is 6.52. The van der Waals surface area contributed by atoms with Crippen LogP contribution >= 0.6 is 11.3 Å². The van der Waals surface area contributed by atoms with Gasteiger partial charge in [0.2, 0.25) is 11.8 Å². The zero-order chi connectivity index (χ0) is 15.4. The van der Waals surface area contributed by atoms with Crippen molar-refractivity contribution >= 4 is 28.3 Å². The lowest BCUT2D eigenvalue weighted by Gasteiger charge is -2.05. The number of nitrogens with one attached hydrogen (secondary N) is 1. The van der Waals surface area contributed by atoms with Gasteiger partial charge in [0.05, 0.1) is 18.5 Å². The molecule has 0 bridgehead atoms. The van der Waals surface area contributed by atoms with E-state index in [0.717, 1.165) is 5.56 Å². The number of benzene rings is 1. The molecule has 0 radical (unpaired) electrons. The molecule has 0 spiro atoms. The van der Waals surface area contributed by atoms with Crippen molar-refractivity contribution in [1.82, 2.24) is 4.98 Å². The minimum Gasteiger partial charge on any atom is -0.369 e. The highest BCUT2D eigenvalue weighted by molar-refractivity contribution is 7.13. The highest BCUT2D eigenvalue weighted by Crippen LogP contribution is 2.16. The standard InChI is InChI=1S/C15H17N3O2S/c1-9-3-4-11(5-10(9)2)6-14(20)18-15-17-12(8-21-15)7-13(16)19/h3-5,8H,6-7H2,1-2H3,(H2,16,19)(H,17,18,20). The summed E-state index contributed by atoms with van der Waals surface area (Å²) in [6, 6.07) is 5.96. The number of rotatable bonds is 5. The second kappa shape index (κ2) is 6.49. The van der Waals surface area contributed by atoms with E-state index in [9.17, 15) is 9.59 Å². The molecule has 0 atom stereocenters. The zero-order valence-electron chi connectivity index (χ0n) is 12.0. The second-order valence-electron chi connectivity index (χ2n) is 4.93. The minimum absolute atomic E-state index is 0.0868. The minimum atomic E-state index is -0.437. The van der Waals surface area contributed by atoms with Crippen molar-refractivity contribution in [3.63, 3.8) is 0 Å². The van der Waals surface area contributed by atoms with Crippen molar-refractivity contribution in [3.8, 4) is 0 Å². The number of carbonyl (C=O) groups is 2. The summed E-state index contributed by atoms with van der Waals surface area (Å²) in [6.45, 7) is 4.06. The van der Waals surface area contributed by atoms with E-state index < -0.39 is 5.91 Å². The highest BCUT2D eigenvalue weighted by Gasteiger charge is 2.09. The van der Waals surface area contributed by atoms with E-state index in [1.54, 1.807) is 5.38 Å². The Bertz CT molecular complexity index is 679. The Balaban J connectivity index is 1.96. The van der Waals surface area contributed by atoms with Crippen LogP contribution in [0.25, 0.3) is 0 Å². The number of aryl methyl sites for hydroxylation is 2. The molecule has 0 fully saturated rings. The van der Waals surface area contributed by atoms with E-state index in [1.807, 2.05) is 32.0 Å². The molecule has 21 heavy (non-hydrogen) atoms. The molecule has 0 saturated heterocycles. The van der Waals surface area contributed by atoms with Crippen molar-refractivity contribution in [2.75, 3.05) is 5.32 Å². The fourth-order valence-corrected chi connectivity index (χ4v) is 2.61. The van der Waals surface area contributed by atoms with Gasteiger partial charge in [-0.15, -0.1) is 11.3 Å². The first-order chi connectivity index (χ1) is 9.94. The molecule has 5 nitrogen and oxygen atoms in total. The van der Waals surface area contributed by atoms with Crippen molar-refractivity contribution < 1.29 is 9.59 Å². The van der Waals surface area contributed by atoms with Gasteiger partial charge in [-0.3, -0.25) is 9.59 Å². The first kappa shape index (κ1) is 15.2. The topological polar surface area (TPSA) is 85.1 Å². The first-order valence-corrected chi connectivity index (χ1v) is 7.40. The van der Waals surface area contributed by atoms with Gasteiger partial charge >= 0.3 is 0 Å². The number of amides is 2. The van der Waals surface area contributed by atoms with Crippen LogP contribution in [0.4, 0.5) is 5.13 Å². The van der Waals surface area contributed by atoms with Crippen LogP contribution in [0, 0.1) is 13.8 Å². The molecular formula is C15H17N3O2S. The number of nitrogens with zero attached hydrogens (tertiary/aromatic N) is 1. The molecule has 2 rings (SSSR count). The molecule has 2 aromatic rings. The van der Waals surface area contributed by atoms with Gasteiger partial charge in [-0.2, -0.15) is 0 Å². The van der Waals surface area contributed by atoms with Gasteiger partial charge in [-0.25, -0.2) is 4.98 Å². The maximum atomic E-state index is 12.0. The Morgan fingerprint density at radius 3 is 2.67 bits per heavy atom. The van der Waals surface area contributed by atoms with Gasteiger partial charge in [0.15, 0.2) is 5.13 Å². The Morgan fingerprint density at radius 2 is 2.00 bits per heavy atom. The molecule has 0 aliphatic carbocycles. The number of primary amides is 1. The summed E-state index contributed by atoms with van der Waals surface area (Å²) in [5.41, 5.74) is 9.01. The molecule has 0 aliphatic heterocycles. The molecular weight excluding hydrogens is 286 g/mol. The van der Waals surface area contributed by atoms with E-state index in [2.05, 4.69) is 10.3 Å². The van der Waals surface area contributed by atoms with Gasteiger partial charge in [0.25, 0.3) is 0 Å². The zero-order valence-corrected chi connectivity index (χ0v) is 12.8. The van der Waals surface area contributed by atoms with Crippen molar-refractivity contribution in [2.45, 2.75) is 26.7 Å². The maximum absolute atomic E-state index is 12.0. The number of aromatic nitrogens is 1. The van der Waals surface area contributed by atoms with E-state index in [4.69, 9.17) is 5.73 Å². The normalized spacial score (nSPS) is 10.4. The van der Waals surface area contributed by atoms with Crippen LogP contribution in [0.5, 0.6) is 0 Å². The summed E-state index contributed by atoms with van der Waals surface area (Å²) in [7, 11) is 0. The lowest BCUT2D eigenvalue weighted by atomic mass is 10.0. The number of hydrogen-bond donors (Lipinski definition) is 2. The van der Waals surface area contributed by atoms with Crippen LogP contribution in [0.15, 0.2) is 23.6 Å². The SMILES string of the molecule is Cc1ccc(CC(=O)Nc2nc(CC(N)=O)cs2)cc1C. The van der Waals surface area contributed by atoms with Crippen LogP contribution in [0.3, 0.4) is 0 Å². The van der Waals surface area contributed by atoms with E-state index >= 15 is 0 Å². The molecule has 1 heterocycles. The number of anilines is 1. The largest absolute Gasteiger partial charge is 0.369 e. The van der Waals surface area contributed by atoms with Crippen LogP contribution in [-0.2, 0) is 22.4 Å². The third-order valence-electron chi connectivity index (χ3n) is 3.09. The fourth-order valence-electron chi connectivity index (χ4n) is 1.89. The number of carbonyl (C=O) groups excluding carboxylic acids is 2. The van der Waals surface area contributed by atoms with E-state index in [1.165, 1.54) is 22.5 Å².